The quantitative estimate of drug-likeness (QED) is 0.944. The summed E-state index contributed by atoms with van der Waals surface area (Å²) in [7, 11) is 1.97. The number of nitrogens with zero attached hydrogens (tertiary/aromatic N) is 4. The summed E-state index contributed by atoms with van der Waals surface area (Å²) in [5.74, 6) is 0.743. The maximum Gasteiger partial charge on any atom is 0.223 e. The third-order valence-corrected chi connectivity index (χ3v) is 4.17. The van der Waals surface area contributed by atoms with E-state index >= 15 is 0 Å². The highest BCUT2D eigenvalue weighted by atomic mass is 15.3. The molecule has 0 amide bonds. The number of rotatable bonds is 3. The van der Waals surface area contributed by atoms with Gasteiger partial charge in [0.2, 0.25) is 5.95 Å². The zero-order valence-electron chi connectivity index (χ0n) is 14.4. The molecular formula is C17H25N5. The summed E-state index contributed by atoms with van der Waals surface area (Å²) in [4.78, 5) is 9.48. The summed E-state index contributed by atoms with van der Waals surface area (Å²) in [6.45, 7) is 10.7. The van der Waals surface area contributed by atoms with Gasteiger partial charge in [0.1, 0.15) is 0 Å². The van der Waals surface area contributed by atoms with Gasteiger partial charge < -0.3 is 5.32 Å². The number of hydrogen-bond acceptors (Lipinski definition) is 4. The fourth-order valence-electron chi connectivity index (χ4n) is 2.58. The van der Waals surface area contributed by atoms with Gasteiger partial charge in [0.15, 0.2) is 0 Å². The summed E-state index contributed by atoms with van der Waals surface area (Å²) < 4.78 is 1.91. The SMILES string of the molecule is Cc1nn(C)c(C)c1-c1cc(C(C)(C)C)nc(NC2CC2)n1. The smallest absolute Gasteiger partial charge is 0.223 e. The molecule has 5 heteroatoms. The lowest BCUT2D eigenvalue weighted by molar-refractivity contribution is 0.568. The predicted molar refractivity (Wildman–Crippen MR) is 89.1 cm³/mol. The molecule has 1 aliphatic rings. The number of aryl methyl sites for hydroxylation is 2. The Labute approximate surface area is 132 Å². The van der Waals surface area contributed by atoms with Crippen LogP contribution in [0, 0.1) is 13.8 Å². The molecule has 2 aromatic heterocycles. The van der Waals surface area contributed by atoms with E-state index in [0.29, 0.717) is 6.04 Å². The summed E-state index contributed by atoms with van der Waals surface area (Å²) in [5, 5.41) is 7.95. The first-order valence-electron chi connectivity index (χ1n) is 7.92. The molecule has 0 atom stereocenters. The van der Waals surface area contributed by atoms with Crippen LogP contribution in [0.15, 0.2) is 6.07 Å². The average Bonchev–Trinajstić information content (AvgIpc) is 3.16. The van der Waals surface area contributed by atoms with E-state index in [1.54, 1.807) is 0 Å². The second kappa shape index (κ2) is 5.07. The van der Waals surface area contributed by atoms with Gasteiger partial charge in [-0.15, -0.1) is 0 Å². The second-order valence-corrected chi connectivity index (χ2v) is 7.30. The number of anilines is 1. The molecule has 0 aromatic carbocycles. The van der Waals surface area contributed by atoms with Gasteiger partial charge in [-0.2, -0.15) is 5.10 Å². The van der Waals surface area contributed by atoms with Gasteiger partial charge in [-0.05, 0) is 32.8 Å². The van der Waals surface area contributed by atoms with E-state index in [1.165, 1.54) is 12.8 Å². The van der Waals surface area contributed by atoms with Crippen molar-refractivity contribution < 1.29 is 0 Å². The molecule has 22 heavy (non-hydrogen) atoms. The van der Waals surface area contributed by atoms with Crippen LogP contribution in [0.5, 0.6) is 0 Å². The predicted octanol–water partition coefficient (Wildman–Crippen LogP) is 3.37. The van der Waals surface area contributed by atoms with Crippen LogP contribution in [0.2, 0.25) is 0 Å². The molecule has 1 fully saturated rings. The summed E-state index contributed by atoms with van der Waals surface area (Å²) in [6, 6.07) is 2.65. The topological polar surface area (TPSA) is 55.6 Å². The molecule has 118 valence electrons. The van der Waals surface area contributed by atoms with Crippen LogP contribution in [0.1, 0.15) is 50.7 Å². The van der Waals surface area contributed by atoms with Crippen molar-refractivity contribution in [3.8, 4) is 11.3 Å². The molecule has 3 rings (SSSR count). The van der Waals surface area contributed by atoms with Crippen LogP contribution < -0.4 is 5.32 Å². The zero-order valence-corrected chi connectivity index (χ0v) is 14.4. The Bertz CT molecular complexity index is 705. The highest BCUT2D eigenvalue weighted by Gasteiger charge is 2.25. The van der Waals surface area contributed by atoms with Crippen LogP contribution >= 0.6 is 0 Å². The van der Waals surface area contributed by atoms with Crippen molar-refractivity contribution in [3.05, 3.63) is 23.1 Å². The van der Waals surface area contributed by atoms with Crippen LogP contribution in [-0.2, 0) is 12.5 Å². The fourth-order valence-corrected chi connectivity index (χ4v) is 2.58. The molecule has 0 aliphatic heterocycles. The first-order chi connectivity index (χ1) is 10.3. The van der Waals surface area contributed by atoms with Crippen LogP contribution in [0.3, 0.4) is 0 Å². The molecule has 0 radical (unpaired) electrons. The van der Waals surface area contributed by atoms with Gasteiger partial charge in [-0.25, -0.2) is 9.97 Å². The third kappa shape index (κ3) is 2.85. The van der Waals surface area contributed by atoms with Crippen molar-refractivity contribution in [2.75, 3.05) is 5.32 Å². The largest absolute Gasteiger partial charge is 0.351 e. The molecule has 0 bridgehead atoms. The van der Waals surface area contributed by atoms with E-state index in [0.717, 1.165) is 34.3 Å². The molecule has 2 aromatic rings. The monoisotopic (exact) mass is 299 g/mol. The Morgan fingerprint density at radius 2 is 1.86 bits per heavy atom. The Morgan fingerprint density at radius 1 is 1.18 bits per heavy atom. The lowest BCUT2D eigenvalue weighted by atomic mass is 9.91. The Morgan fingerprint density at radius 3 is 2.36 bits per heavy atom. The van der Waals surface area contributed by atoms with Gasteiger partial charge in [0.05, 0.1) is 17.1 Å². The zero-order chi connectivity index (χ0) is 16.1. The normalized spacial score (nSPS) is 15.2. The molecule has 1 saturated carbocycles. The maximum atomic E-state index is 4.76. The Kier molecular flexibility index (Phi) is 3.46. The molecule has 5 nitrogen and oxygen atoms in total. The number of hydrogen-bond donors (Lipinski definition) is 1. The third-order valence-electron chi connectivity index (χ3n) is 4.17. The highest BCUT2D eigenvalue weighted by molar-refractivity contribution is 5.66. The average molecular weight is 299 g/mol. The van der Waals surface area contributed by atoms with E-state index in [2.05, 4.69) is 44.2 Å². The lowest BCUT2D eigenvalue weighted by Crippen LogP contribution is -2.17. The standard InChI is InChI=1S/C17H25N5/c1-10-15(11(2)22(6)21-10)13-9-14(17(3,4)5)20-16(19-13)18-12-7-8-12/h9,12H,7-8H2,1-6H3,(H,18,19,20). The molecule has 1 aliphatic carbocycles. The van der Waals surface area contributed by atoms with Gasteiger partial charge in [0, 0.05) is 29.8 Å². The van der Waals surface area contributed by atoms with Crippen molar-refractivity contribution in [1.82, 2.24) is 19.7 Å². The first-order valence-corrected chi connectivity index (χ1v) is 7.92. The molecule has 0 unspecified atom stereocenters. The minimum atomic E-state index is -0.0122. The van der Waals surface area contributed by atoms with Crippen LogP contribution in [-0.4, -0.2) is 25.8 Å². The molecular weight excluding hydrogens is 274 g/mol. The van der Waals surface area contributed by atoms with Gasteiger partial charge in [-0.1, -0.05) is 20.8 Å². The Balaban J connectivity index is 2.13. The van der Waals surface area contributed by atoms with E-state index < -0.39 is 0 Å². The lowest BCUT2D eigenvalue weighted by Gasteiger charge is -2.20. The van der Waals surface area contributed by atoms with Gasteiger partial charge in [-0.3, -0.25) is 4.68 Å². The summed E-state index contributed by atoms with van der Waals surface area (Å²) >= 11 is 0. The summed E-state index contributed by atoms with van der Waals surface area (Å²) in [6.07, 6.45) is 2.42. The molecule has 1 N–H and O–H groups in total. The van der Waals surface area contributed by atoms with E-state index in [-0.39, 0.29) is 5.41 Å². The molecule has 0 spiro atoms. The van der Waals surface area contributed by atoms with Crippen LogP contribution in [0.25, 0.3) is 11.3 Å². The van der Waals surface area contributed by atoms with Crippen LogP contribution in [0.4, 0.5) is 5.95 Å². The van der Waals surface area contributed by atoms with Crippen molar-refractivity contribution in [1.29, 1.82) is 0 Å². The van der Waals surface area contributed by atoms with Crippen molar-refractivity contribution >= 4 is 5.95 Å². The van der Waals surface area contributed by atoms with Crippen molar-refractivity contribution in [2.24, 2.45) is 7.05 Å². The number of nitrogens with one attached hydrogen (secondary N) is 1. The highest BCUT2D eigenvalue weighted by Crippen LogP contribution is 2.31. The maximum absolute atomic E-state index is 4.76. The first kappa shape index (κ1) is 15.0. The fraction of sp³-hybridized carbons (Fsp3) is 0.588. The molecule has 0 saturated heterocycles. The Hall–Kier alpha value is -1.91. The van der Waals surface area contributed by atoms with Gasteiger partial charge in [0.25, 0.3) is 0 Å². The minimum absolute atomic E-state index is 0.0122. The van der Waals surface area contributed by atoms with Gasteiger partial charge >= 0.3 is 0 Å². The molecule has 2 heterocycles. The minimum Gasteiger partial charge on any atom is -0.351 e. The summed E-state index contributed by atoms with van der Waals surface area (Å²) in [5.41, 5.74) is 5.27. The van der Waals surface area contributed by atoms with E-state index in [4.69, 9.17) is 9.97 Å². The van der Waals surface area contributed by atoms with Crippen molar-refractivity contribution in [3.63, 3.8) is 0 Å². The second-order valence-electron chi connectivity index (χ2n) is 7.30. The van der Waals surface area contributed by atoms with Crippen molar-refractivity contribution in [2.45, 2.75) is 58.9 Å². The number of aromatic nitrogens is 4. The van der Waals surface area contributed by atoms with E-state index in [9.17, 15) is 0 Å². The van der Waals surface area contributed by atoms with E-state index in [1.807, 2.05) is 18.7 Å².